The molecule has 1 fully saturated rings. The lowest BCUT2D eigenvalue weighted by molar-refractivity contribution is 0.0696. The zero-order chi connectivity index (χ0) is 14.1. The van der Waals surface area contributed by atoms with Gasteiger partial charge in [-0.2, -0.15) is 0 Å². The van der Waals surface area contributed by atoms with Gasteiger partial charge in [0.15, 0.2) is 0 Å². The van der Waals surface area contributed by atoms with Crippen molar-refractivity contribution in [2.45, 2.75) is 25.9 Å². The van der Waals surface area contributed by atoms with Gasteiger partial charge in [-0.15, -0.1) is 0 Å². The molecule has 2 aromatic rings. The smallest absolute Gasteiger partial charge is 0.335 e. The number of carboxylic acids is 1. The molecule has 0 atom stereocenters. The summed E-state index contributed by atoms with van der Waals surface area (Å²) in [6, 6.07) is 8.88. The summed E-state index contributed by atoms with van der Waals surface area (Å²) in [5.41, 5.74) is 3.06. The summed E-state index contributed by atoms with van der Waals surface area (Å²) >= 11 is 0. The predicted octanol–water partition coefficient (Wildman–Crippen LogP) is 3.30. The van der Waals surface area contributed by atoms with Crippen molar-refractivity contribution in [3.8, 4) is 16.9 Å². The molecule has 1 aromatic heterocycles. The molecule has 4 heteroatoms. The molecule has 20 heavy (non-hydrogen) atoms. The van der Waals surface area contributed by atoms with Crippen LogP contribution < -0.4 is 4.74 Å². The summed E-state index contributed by atoms with van der Waals surface area (Å²) in [4.78, 5) is 15.3. The Morgan fingerprint density at radius 1 is 1.30 bits per heavy atom. The normalized spacial score (nSPS) is 14.1. The third-order valence-electron chi connectivity index (χ3n) is 3.25. The van der Waals surface area contributed by atoms with Crippen molar-refractivity contribution < 1.29 is 14.6 Å². The zero-order valence-corrected chi connectivity index (χ0v) is 11.2. The average Bonchev–Trinajstić information content (AvgIpc) is 3.22. The van der Waals surface area contributed by atoms with Crippen molar-refractivity contribution >= 4 is 5.97 Å². The number of hydrogen-bond donors (Lipinski definition) is 1. The summed E-state index contributed by atoms with van der Waals surface area (Å²) in [6.07, 6.45) is 4.04. The maximum Gasteiger partial charge on any atom is 0.335 e. The standard InChI is InChI=1S/C16H15NO3/c1-10-8-11(6-7-17-10)14-5-2-12(16(18)19)9-15(14)20-13-3-4-13/h2,5-9,13H,3-4H2,1H3,(H,18,19). The van der Waals surface area contributed by atoms with E-state index in [1.807, 2.05) is 19.1 Å². The molecule has 1 aliphatic rings. The maximum absolute atomic E-state index is 11.1. The number of hydrogen-bond acceptors (Lipinski definition) is 3. The van der Waals surface area contributed by atoms with E-state index in [1.165, 1.54) is 0 Å². The highest BCUT2D eigenvalue weighted by molar-refractivity contribution is 5.89. The third kappa shape index (κ3) is 2.64. The highest BCUT2D eigenvalue weighted by atomic mass is 16.5. The van der Waals surface area contributed by atoms with Crippen LogP contribution in [0.3, 0.4) is 0 Å². The van der Waals surface area contributed by atoms with Crippen molar-refractivity contribution in [3.05, 3.63) is 47.8 Å². The van der Waals surface area contributed by atoms with E-state index in [1.54, 1.807) is 24.4 Å². The van der Waals surface area contributed by atoms with Gasteiger partial charge in [0.25, 0.3) is 0 Å². The van der Waals surface area contributed by atoms with Crippen LogP contribution in [-0.4, -0.2) is 22.2 Å². The van der Waals surface area contributed by atoms with Gasteiger partial charge in [0.1, 0.15) is 5.75 Å². The Labute approximate surface area is 117 Å². The fourth-order valence-corrected chi connectivity index (χ4v) is 2.07. The SMILES string of the molecule is Cc1cc(-c2ccc(C(=O)O)cc2OC2CC2)ccn1. The zero-order valence-electron chi connectivity index (χ0n) is 11.2. The first kappa shape index (κ1) is 12.7. The molecule has 0 saturated heterocycles. The minimum Gasteiger partial charge on any atom is -0.490 e. The van der Waals surface area contributed by atoms with E-state index >= 15 is 0 Å². The summed E-state index contributed by atoms with van der Waals surface area (Å²) in [5.74, 6) is -0.305. The van der Waals surface area contributed by atoms with Crippen LogP contribution in [0, 0.1) is 6.92 Å². The molecule has 1 aromatic carbocycles. The molecule has 1 heterocycles. The van der Waals surface area contributed by atoms with Gasteiger partial charge in [0.05, 0.1) is 11.7 Å². The number of nitrogens with zero attached hydrogens (tertiary/aromatic N) is 1. The second-order valence-corrected chi connectivity index (χ2v) is 5.02. The summed E-state index contributed by atoms with van der Waals surface area (Å²) in [7, 11) is 0. The van der Waals surface area contributed by atoms with Crippen LogP contribution in [0.5, 0.6) is 5.75 Å². The maximum atomic E-state index is 11.1. The monoisotopic (exact) mass is 269 g/mol. The highest BCUT2D eigenvalue weighted by Gasteiger charge is 2.25. The van der Waals surface area contributed by atoms with Crippen LogP contribution in [0.15, 0.2) is 36.5 Å². The van der Waals surface area contributed by atoms with E-state index in [4.69, 9.17) is 9.84 Å². The van der Waals surface area contributed by atoms with Crippen LogP contribution in [0.25, 0.3) is 11.1 Å². The van der Waals surface area contributed by atoms with Crippen molar-refractivity contribution in [3.63, 3.8) is 0 Å². The number of carbonyl (C=O) groups is 1. The second kappa shape index (κ2) is 4.96. The lowest BCUT2D eigenvalue weighted by Crippen LogP contribution is -2.02. The molecule has 0 bridgehead atoms. The Balaban J connectivity index is 2.06. The molecule has 1 saturated carbocycles. The molecule has 4 nitrogen and oxygen atoms in total. The number of benzene rings is 1. The lowest BCUT2D eigenvalue weighted by Gasteiger charge is -2.12. The molecule has 102 valence electrons. The number of ether oxygens (including phenoxy) is 1. The number of aromatic nitrogens is 1. The quantitative estimate of drug-likeness (QED) is 0.925. The molecular formula is C16H15NO3. The highest BCUT2D eigenvalue weighted by Crippen LogP contribution is 2.35. The number of aryl methyl sites for hydroxylation is 1. The molecule has 1 aliphatic carbocycles. The minimum atomic E-state index is -0.942. The van der Waals surface area contributed by atoms with Crippen molar-refractivity contribution in [2.75, 3.05) is 0 Å². The van der Waals surface area contributed by atoms with E-state index in [0.29, 0.717) is 5.75 Å². The van der Waals surface area contributed by atoms with Gasteiger partial charge in [0, 0.05) is 17.5 Å². The van der Waals surface area contributed by atoms with Crippen molar-refractivity contribution in [1.82, 2.24) is 4.98 Å². The predicted molar refractivity (Wildman–Crippen MR) is 75.0 cm³/mol. The number of rotatable bonds is 4. The van der Waals surface area contributed by atoms with E-state index < -0.39 is 5.97 Å². The first-order chi connectivity index (χ1) is 9.63. The van der Waals surface area contributed by atoms with Crippen LogP contribution >= 0.6 is 0 Å². The molecular weight excluding hydrogens is 254 g/mol. The molecule has 0 amide bonds. The van der Waals surface area contributed by atoms with Crippen LogP contribution in [0.1, 0.15) is 28.9 Å². The molecule has 3 rings (SSSR count). The summed E-state index contributed by atoms with van der Waals surface area (Å²) in [5, 5.41) is 9.10. The molecule has 0 unspecified atom stereocenters. The second-order valence-electron chi connectivity index (χ2n) is 5.02. The van der Waals surface area contributed by atoms with E-state index in [9.17, 15) is 4.79 Å². The van der Waals surface area contributed by atoms with Gasteiger partial charge < -0.3 is 9.84 Å². The fraction of sp³-hybridized carbons (Fsp3) is 0.250. The summed E-state index contributed by atoms with van der Waals surface area (Å²) < 4.78 is 5.86. The van der Waals surface area contributed by atoms with Crippen molar-refractivity contribution in [2.24, 2.45) is 0 Å². The molecule has 0 aliphatic heterocycles. The molecule has 0 radical (unpaired) electrons. The Hall–Kier alpha value is -2.36. The Bertz CT molecular complexity index is 663. The lowest BCUT2D eigenvalue weighted by atomic mass is 10.0. The van der Waals surface area contributed by atoms with Gasteiger partial charge in [-0.1, -0.05) is 0 Å². The van der Waals surface area contributed by atoms with Gasteiger partial charge in [-0.3, -0.25) is 4.98 Å². The number of pyridine rings is 1. The topological polar surface area (TPSA) is 59.4 Å². The third-order valence-corrected chi connectivity index (χ3v) is 3.25. The number of carboxylic acid groups (broad SMARTS) is 1. The van der Waals surface area contributed by atoms with Gasteiger partial charge in [-0.25, -0.2) is 4.79 Å². The number of aromatic carboxylic acids is 1. The largest absolute Gasteiger partial charge is 0.490 e. The Morgan fingerprint density at radius 3 is 2.75 bits per heavy atom. The molecule has 0 spiro atoms. The first-order valence-corrected chi connectivity index (χ1v) is 6.60. The van der Waals surface area contributed by atoms with Crippen LogP contribution in [0.2, 0.25) is 0 Å². The van der Waals surface area contributed by atoms with Gasteiger partial charge in [0.2, 0.25) is 0 Å². The van der Waals surface area contributed by atoms with Crippen LogP contribution in [-0.2, 0) is 0 Å². The first-order valence-electron chi connectivity index (χ1n) is 6.60. The van der Waals surface area contributed by atoms with Gasteiger partial charge >= 0.3 is 5.97 Å². The van der Waals surface area contributed by atoms with E-state index in [-0.39, 0.29) is 11.7 Å². The fourth-order valence-electron chi connectivity index (χ4n) is 2.07. The van der Waals surface area contributed by atoms with Gasteiger partial charge in [-0.05, 0) is 55.7 Å². The average molecular weight is 269 g/mol. The minimum absolute atomic E-state index is 0.223. The summed E-state index contributed by atoms with van der Waals surface area (Å²) in [6.45, 7) is 1.93. The van der Waals surface area contributed by atoms with E-state index in [2.05, 4.69) is 4.98 Å². The van der Waals surface area contributed by atoms with E-state index in [0.717, 1.165) is 29.7 Å². The van der Waals surface area contributed by atoms with Crippen molar-refractivity contribution in [1.29, 1.82) is 0 Å². The van der Waals surface area contributed by atoms with Crippen LogP contribution in [0.4, 0.5) is 0 Å². The Morgan fingerprint density at radius 2 is 2.10 bits per heavy atom. The Kier molecular flexibility index (Phi) is 3.14. The molecule has 1 N–H and O–H groups in total.